The number of carbonyl (C=O) groups is 2. The molecule has 1 aromatic carbocycles. The SMILES string of the molecule is Cc1nn(C)cc1[C@H](C(=O)NC1CCCCC1)N(C(=O)Cc1cccs1)c1ccc(Cl)c(C(F)(F)F)c1. The van der Waals surface area contributed by atoms with Crippen LogP contribution >= 0.6 is 22.9 Å². The number of rotatable bonds is 7. The largest absolute Gasteiger partial charge is 0.417 e. The summed E-state index contributed by atoms with van der Waals surface area (Å²) in [5.41, 5.74) is -0.190. The Morgan fingerprint density at radius 3 is 2.57 bits per heavy atom. The van der Waals surface area contributed by atoms with E-state index in [4.69, 9.17) is 11.6 Å². The average Bonchev–Trinajstić information content (AvgIpc) is 3.46. The highest BCUT2D eigenvalue weighted by atomic mass is 35.5. The molecule has 1 atom stereocenters. The Morgan fingerprint density at radius 1 is 1.24 bits per heavy atom. The lowest BCUT2D eigenvalue weighted by Gasteiger charge is -2.33. The summed E-state index contributed by atoms with van der Waals surface area (Å²) in [5, 5.41) is 8.73. The topological polar surface area (TPSA) is 67.2 Å². The molecule has 0 aliphatic heterocycles. The van der Waals surface area contributed by atoms with Crippen LogP contribution in [0.1, 0.15) is 59.8 Å². The number of carbonyl (C=O) groups excluding carboxylic acids is 2. The van der Waals surface area contributed by atoms with E-state index in [1.807, 2.05) is 5.38 Å². The van der Waals surface area contributed by atoms with Gasteiger partial charge in [-0.3, -0.25) is 19.2 Å². The number of nitrogens with zero attached hydrogens (tertiary/aromatic N) is 3. The van der Waals surface area contributed by atoms with Crippen LogP contribution in [0.25, 0.3) is 0 Å². The first kappa shape index (κ1) is 27.2. The molecule has 4 rings (SSSR count). The fourth-order valence-electron chi connectivity index (χ4n) is 4.78. The predicted molar refractivity (Wildman–Crippen MR) is 138 cm³/mol. The van der Waals surface area contributed by atoms with E-state index in [1.165, 1.54) is 22.1 Å². The molecule has 2 amide bonds. The first-order valence-electron chi connectivity index (χ1n) is 12.1. The van der Waals surface area contributed by atoms with E-state index in [0.29, 0.717) is 11.3 Å². The Balaban J connectivity index is 1.83. The second kappa shape index (κ2) is 11.3. The minimum Gasteiger partial charge on any atom is -0.351 e. The van der Waals surface area contributed by atoms with Crippen LogP contribution in [0.2, 0.25) is 5.02 Å². The average molecular weight is 553 g/mol. The number of amides is 2. The second-order valence-electron chi connectivity index (χ2n) is 9.27. The van der Waals surface area contributed by atoms with E-state index in [1.54, 1.807) is 32.3 Å². The zero-order valence-corrected chi connectivity index (χ0v) is 22.1. The van der Waals surface area contributed by atoms with Gasteiger partial charge in [-0.15, -0.1) is 11.3 Å². The van der Waals surface area contributed by atoms with Gasteiger partial charge in [0.1, 0.15) is 6.04 Å². The van der Waals surface area contributed by atoms with E-state index >= 15 is 0 Å². The monoisotopic (exact) mass is 552 g/mol. The molecule has 2 heterocycles. The van der Waals surface area contributed by atoms with Gasteiger partial charge in [-0.05, 0) is 49.4 Å². The number of hydrogen-bond acceptors (Lipinski definition) is 4. The lowest BCUT2D eigenvalue weighted by Crippen LogP contribution is -2.48. The summed E-state index contributed by atoms with van der Waals surface area (Å²) in [5.74, 6) is -0.962. The van der Waals surface area contributed by atoms with Gasteiger partial charge in [0.2, 0.25) is 11.8 Å². The number of halogens is 4. The summed E-state index contributed by atoms with van der Waals surface area (Å²) in [7, 11) is 1.69. The number of aromatic nitrogens is 2. The van der Waals surface area contributed by atoms with Gasteiger partial charge in [0.25, 0.3) is 0 Å². The van der Waals surface area contributed by atoms with Gasteiger partial charge >= 0.3 is 6.18 Å². The van der Waals surface area contributed by atoms with Crippen molar-refractivity contribution >= 4 is 40.4 Å². The number of thiophene rings is 1. The Kier molecular flexibility index (Phi) is 8.28. The Hall–Kier alpha value is -2.85. The van der Waals surface area contributed by atoms with Gasteiger partial charge in [-0.1, -0.05) is 36.9 Å². The maximum atomic E-state index is 13.9. The molecule has 0 radical (unpaired) electrons. The molecular formula is C26H28ClF3N4O2S. The Labute approximate surface area is 222 Å². The lowest BCUT2D eigenvalue weighted by molar-refractivity contribution is -0.137. The van der Waals surface area contributed by atoms with Crippen LogP contribution < -0.4 is 10.2 Å². The van der Waals surface area contributed by atoms with Gasteiger partial charge in [0.15, 0.2) is 0 Å². The van der Waals surface area contributed by atoms with Gasteiger partial charge < -0.3 is 5.32 Å². The van der Waals surface area contributed by atoms with E-state index in [-0.39, 0.29) is 18.2 Å². The van der Waals surface area contributed by atoms with Crippen molar-refractivity contribution in [3.8, 4) is 0 Å². The normalized spacial score (nSPS) is 15.4. The molecule has 1 saturated carbocycles. The third kappa shape index (κ3) is 6.35. The fraction of sp³-hybridized carbons (Fsp3) is 0.423. The highest BCUT2D eigenvalue weighted by Crippen LogP contribution is 2.39. The maximum Gasteiger partial charge on any atom is 0.417 e. The molecule has 2 aromatic heterocycles. The molecule has 0 saturated heterocycles. The van der Waals surface area contributed by atoms with Gasteiger partial charge in [-0.2, -0.15) is 18.3 Å². The van der Waals surface area contributed by atoms with E-state index in [9.17, 15) is 22.8 Å². The van der Waals surface area contributed by atoms with Gasteiger partial charge in [0, 0.05) is 35.4 Å². The van der Waals surface area contributed by atoms with Crippen molar-refractivity contribution in [2.75, 3.05) is 4.90 Å². The molecule has 0 spiro atoms. The molecule has 6 nitrogen and oxygen atoms in total. The minimum atomic E-state index is -4.74. The van der Waals surface area contributed by atoms with Crippen LogP contribution in [0, 0.1) is 6.92 Å². The zero-order valence-electron chi connectivity index (χ0n) is 20.5. The lowest BCUT2D eigenvalue weighted by atomic mass is 9.94. The molecule has 3 aromatic rings. The van der Waals surface area contributed by atoms with Crippen LogP contribution in [-0.2, 0) is 29.2 Å². The van der Waals surface area contributed by atoms with Crippen molar-refractivity contribution in [2.24, 2.45) is 7.05 Å². The summed E-state index contributed by atoms with van der Waals surface area (Å²) in [6, 6.07) is 5.57. The van der Waals surface area contributed by atoms with E-state index in [0.717, 1.165) is 54.0 Å². The summed E-state index contributed by atoms with van der Waals surface area (Å²) in [4.78, 5) is 29.5. The van der Waals surface area contributed by atoms with Crippen molar-refractivity contribution in [1.29, 1.82) is 0 Å². The number of aryl methyl sites for hydroxylation is 2. The summed E-state index contributed by atoms with van der Waals surface area (Å²) < 4.78 is 42.9. The molecular weight excluding hydrogens is 525 g/mol. The second-order valence-corrected chi connectivity index (χ2v) is 10.7. The molecule has 0 bridgehead atoms. The van der Waals surface area contributed by atoms with Crippen LogP contribution in [0.4, 0.5) is 18.9 Å². The standard InChI is InChI=1S/C26H28ClF3N4O2S/c1-16-20(15-33(2)32-16)24(25(36)31-17-7-4-3-5-8-17)34(23(35)14-19-9-6-12-37-19)18-10-11-22(27)21(13-18)26(28,29)30/h6,9-13,15,17,24H,3-5,7-8,14H2,1-2H3,(H,31,36)/t24-/m1/s1. The molecule has 1 N–H and O–H groups in total. The molecule has 1 aliphatic rings. The quantitative estimate of drug-likeness (QED) is 0.378. The molecule has 0 unspecified atom stereocenters. The first-order valence-corrected chi connectivity index (χ1v) is 13.3. The van der Waals surface area contributed by atoms with Crippen molar-refractivity contribution < 1.29 is 22.8 Å². The number of benzene rings is 1. The van der Waals surface area contributed by atoms with Crippen molar-refractivity contribution in [3.63, 3.8) is 0 Å². The number of alkyl halides is 3. The van der Waals surface area contributed by atoms with Crippen LogP contribution in [0.15, 0.2) is 41.9 Å². The van der Waals surface area contributed by atoms with Gasteiger partial charge in [0.05, 0.1) is 22.7 Å². The van der Waals surface area contributed by atoms with Crippen molar-refractivity contribution in [3.05, 3.63) is 68.6 Å². The van der Waals surface area contributed by atoms with E-state index < -0.39 is 34.6 Å². The fourth-order valence-corrected chi connectivity index (χ4v) is 5.70. The molecule has 11 heteroatoms. The smallest absolute Gasteiger partial charge is 0.351 e. The first-order chi connectivity index (χ1) is 17.5. The van der Waals surface area contributed by atoms with Crippen LogP contribution in [0.5, 0.6) is 0 Å². The van der Waals surface area contributed by atoms with E-state index in [2.05, 4.69) is 10.4 Å². The zero-order chi connectivity index (χ0) is 26.7. The highest BCUT2D eigenvalue weighted by molar-refractivity contribution is 7.10. The summed E-state index contributed by atoms with van der Waals surface area (Å²) in [6.07, 6.45) is 1.50. The summed E-state index contributed by atoms with van der Waals surface area (Å²) >= 11 is 7.24. The third-order valence-electron chi connectivity index (χ3n) is 6.51. The summed E-state index contributed by atoms with van der Waals surface area (Å²) in [6.45, 7) is 1.71. The molecule has 198 valence electrons. The molecule has 1 aliphatic carbocycles. The number of anilines is 1. The molecule has 37 heavy (non-hydrogen) atoms. The van der Waals surface area contributed by atoms with Crippen molar-refractivity contribution in [1.82, 2.24) is 15.1 Å². The third-order valence-corrected chi connectivity index (χ3v) is 7.72. The van der Waals surface area contributed by atoms with Gasteiger partial charge in [-0.25, -0.2) is 0 Å². The highest BCUT2D eigenvalue weighted by Gasteiger charge is 2.39. The Bertz CT molecular complexity index is 1250. The van der Waals surface area contributed by atoms with Crippen LogP contribution in [0.3, 0.4) is 0 Å². The number of hydrogen-bond donors (Lipinski definition) is 1. The Morgan fingerprint density at radius 2 is 1.97 bits per heavy atom. The van der Waals surface area contributed by atoms with Crippen LogP contribution in [-0.4, -0.2) is 27.6 Å². The maximum absolute atomic E-state index is 13.9. The number of nitrogens with one attached hydrogen (secondary N) is 1. The predicted octanol–water partition coefficient (Wildman–Crippen LogP) is 6.23. The van der Waals surface area contributed by atoms with Crippen molar-refractivity contribution in [2.45, 2.75) is 63.7 Å². The minimum absolute atomic E-state index is 0.0640. The molecule has 1 fully saturated rings.